The van der Waals surface area contributed by atoms with Gasteiger partial charge >= 0.3 is 0 Å². The Hall–Kier alpha value is -0.570. The Morgan fingerprint density at radius 1 is 1.12 bits per heavy atom. The zero-order valence-corrected chi connectivity index (χ0v) is 10.2. The third-order valence-electron chi connectivity index (χ3n) is 4.51. The molecule has 0 spiro atoms. The van der Waals surface area contributed by atoms with Gasteiger partial charge in [0.05, 0.1) is 6.04 Å². The van der Waals surface area contributed by atoms with E-state index in [-0.39, 0.29) is 11.9 Å². The first kappa shape index (κ1) is 11.9. The first-order valence-corrected chi connectivity index (χ1v) is 6.69. The van der Waals surface area contributed by atoms with E-state index < -0.39 is 0 Å². The molecule has 2 rings (SSSR count). The number of nitrogens with one attached hydrogen (secondary N) is 1. The molecule has 1 saturated heterocycles. The van der Waals surface area contributed by atoms with Gasteiger partial charge in [0.1, 0.15) is 0 Å². The van der Waals surface area contributed by atoms with Crippen LogP contribution in [0, 0.1) is 17.8 Å². The van der Waals surface area contributed by atoms with Crippen LogP contribution in [-0.2, 0) is 4.79 Å². The van der Waals surface area contributed by atoms with E-state index in [1.807, 2.05) is 0 Å². The summed E-state index contributed by atoms with van der Waals surface area (Å²) < 4.78 is 0. The lowest BCUT2D eigenvalue weighted by molar-refractivity contribution is -0.121. The number of hydrogen-bond donors (Lipinski definition) is 2. The Kier molecular flexibility index (Phi) is 3.85. The molecule has 92 valence electrons. The fraction of sp³-hybridized carbons (Fsp3) is 0.923. The van der Waals surface area contributed by atoms with Gasteiger partial charge in [-0.2, -0.15) is 0 Å². The van der Waals surface area contributed by atoms with E-state index in [1.54, 1.807) is 0 Å². The van der Waals surface area contributed by atoms with Crippen LogP contribution in [-0.4, -0.2) is 18.5 Å². The molecule has 2 atom stereocenters. The van der Waals surface area contributed by atoms with Crippen LogP contribution in [0.15, 0.2) is 0 Å². The van der Waals surface area contributed by atoms with E-state index in [9.17, 15) is 4.79 Å². The quantitative estimate of drug-likeness (QED) is 0.749. The molecule has 16 heavy (non-hydrogen) atoms. The highest BCUT2D eigenvalue weighted by atomic mass is 16.1. The summed E-state index contributed by atoms with van der Waals surface area (Å²) in [5.41, 5.74) is 5.38. The predicted octanol–water partition coefficient (Wildman–Crippen LogP) is 1.67. The number of amides is 1. The van der Waals surface area contributed by atoms with Crippen LogP contribution in [0.1, 0.15) is 45.4 Å². The van der Waals surface area contributed by atoms with E-state index in [0.717, 1.165) is 30.7 Å². The molecule has 0 radical (unpaired) electrons. The Morgan fingerprint density at radius 3 is 2.44 bits per heavy atom. The molecule has 1 aliphatic heterocycles. The van der Waals surface area contributed by atoms with Crippen molar-refractivity contribution in [1.82, 2.24) is 5.32 Å². The van der Waals surface area contributed by atoms with Crippen LogP contribution in [0.25, 0.3) is 0 Å². The monoisotopic (exact) mass is 224 g/mol. The summed E-state index contributed by atoms with van der Waals surface area (Å²) in [5, 5.41) is 3.22. The van der Waals surface area contributed by atoms with Crippen molar-refractivity contribution in [2.75, 3.05) is 6.54 Å². The van der Waals surface area contributed by atoms with Gasteiger partial charge in [0.2, 0.25) is 5.91 Å². The molecule has 0 aromatic heterocycles. The topological polar surface area (TPSA) is 55.1 Å². The minimum atomic E-state index is -0.172. The van der Waals surface area contributed by atoms with Crippen LogP contribution in [0.5, 0.6) is 0 Å². The van der Waals surface area contributed by atoms with Crippen LogP contribution in [0.2, 0.25) is 0 Å². The van der Waals surface area contributed by atoms with Gasteiger partial charge in [0, 0.05) is 0 Å². The van der Waals surface area contributed by atoms with Crippen LogP contribution < -0.4 is 11.1 Å². The first-order valence-electron chi connectivity index (χ1n) is 6.69. The summed E-state index contributed by atoms with van der Waals surface area (Å²) in [6, 6.07) is -0.0712. The fourth-order valence-electron chi connectivity index (χ4n) is 3.35. The number of carbonyl (C=O) groups excluding carboxylic acids is 1. The van der Waals surface area contributed by atoms with Gasteiger partial charge in [-0.1, -0.05) is 19.8 Å². The summed E-state index contributed by atoms with van der Waals surface area (Å²) in [7, 11) is 0. The van der Waals surface area contributed by atoms with Crippen molar-refractivity contribution >= 4 is 5.91 Å². The summed E-state index contributed by atoms with van der Waals surface area (Å²) in [6.07, 6.45) is 7.65. The molecule has 1 heterocycles. The molecule has 2 unspecified atom stereocenters. The molecule has 3 heteroatoms. The van der Waals surface area contributed by atoms with Gasteiger partial charge in [0.25, 0.3) is 0 Å². The summed E-state index contributed by atoms with van der Waals surface area (Å²) in [5.74, 6) is 2.31. The van der Waals surface area contributed by atoms with Crippen molar-refractivity contribution in [3.63, 3.8) is 0 Å². The number of hydrogen-bond acceptors (Lipinski definition) is 2. The number of rotatable bonds is 2. The van der Waals surface area contributed by atoms with Crippen molar-refractivity contribution in [3.05, 3.63) is 0 Å². The van der Waals surface area contributed by atoms with Crippen molar-refractivity contribution in [2.24, 2.45) is 23.5 Å². The molecule has 3 N–H and O–H groups in total. The maximum Gasteiger partial charge on any atom is 0.234 e. The van der Waals surface area contributed by atoms with Crippen LogP contribution >= 0.6 is 0 Å². The smallest absolute Gasteiger partial charge is 0.234 e. The maximum absolute atomic E-state index is 11.2. The molecule has 0 bridgehead atoms. The van der Waals surface area contributed by atoms with Gasteiger partial charge in [-0.25, -0.2) is 0 Å². The highest BCUT2D eigenvalue weighted by Gasteiger charge is 2.32. The van der Waals surface area contributed by atoms with E-state index in [4.69, 9.17) is 5.73 Å². The minimum Gasteiger partial charge on any atom is -0.368 e. The number of piperidine rings is 1. The number of nitrogens with two attached hydrogens (primary N) is 1. The zero-order chi connectivity index (χ0) is 11.5. The SMILES string of the molecule is CC1CCC(C2CCNC(C(N)=O)C2)CC1. The average Bonchev–Trinajstić information content (AvgIpc) is 2.30. The highest BCUT2D eigenvalue weighted by Crippen LogP contribution is 2.37. The van der Waals surface area contributed by atoms with E-state index in [2.05, 4.69) is 12.2 Å². The van der Waals surface area contributed by atoms with E-state index in [1.165, 1.54) is 32.1 Å². The molecular weight excluding hydrogens is 200 g/mol. The van der Waals surface area contributed by atoms with Crippen molar-refractivity contribution in [2.45, 2.75) is 51.5 Å². The first-order chi connectivity index (χ1) is 7.66. The van der Waals surface area contributed by atoms with Crippen LogP contribution in [0.3, 0.4) is 0 Å². The minimum absolute atomic E-state index is 0.0712. The lowest BCUT2D eigenvalue weighted by Crippen LogP contribution is -2.48. The Bertz CT molecular complexity index is 246. The normalized spacial score (nSPS) is 40.6. The molecule has 1 amide bonds. The molecular formula is C13H24N2O. The van der Waals surface area contributed by atoms with Crippen molar-refractivity contribution < 1.29 is 4.79 Å². The second kappa shape index (κ2) is 5.17. The van der Waals surface area contributed by atoms with Gasteiger partial charge in [-0.3, -0.25) is 4.79 Å². The Labute approximate surface area is 98.2 Å². The van der Waals surface area contributed by atoms with Gasteiger partial charge < -0.3 is 11.1 Å². The summed E-state index contributed by atoms with van der Waals surface area (Å²) in [6.45, 7) is 3.31. The van der Waals surface area contributed by atoms with Crippen molar-refractivity contribution in [3.8, 4) is 0 Å². The molecule has 0 aromatic carbocycles. The second-order valence-electron chi connectivity index (χ2n) is 5.71. The maximum atomic E-state index is 11.2. The summed E-state index contributed by atoms with van der Waals surface area (Å²) >= 11 is 0. The average molecular weight is 224 g/mol. The Balaban J connectivity index is 1.87. The molecule has 1 saturated carbocycles. The van der Waals surface area contributed by atoms with E-state index >= 15 is 0 Å². The van der Waals surface area contributed by atoms with Gasteiger partial charge in [0.15, 0.2) is 0 Å². The highest BCUT2D eigenvalue weighted by molar-refractivity contribution is 5.79. The Morgan fingerprint density at radius 2 is 1.81 bits per heavy atom. The lowest BCUT2D eigenvalue weighted by atomic mass is 9.72. The molecule has 2 aliphatic rings. The van der Waals surface area contributed by atoms with Crippen molar-refractivity contribution in [1.29, 1.82) is 0 Å². The molecule has 0 aromatic rings. The predicted molar refractivity (Wildman–Crippen MR) is 64.8 cm³/mol. The van der Waals surface area contributed by atoms with Crippen LogP contribution in [0.4, 0.5) is 0 Å². The fourth-order valence-corrected chi connectivity index (χ4v) is 3.35. The lowest BCUT2D eigenvalue weighted by Gasteiger charge is -2.37. The largest absolute Gasteiger partial charge is 0.368 e. The molecule has 1 aliphatic carbocycles. The summed E-state index contributed by atoms with van der Waals surface area (Å²) in [4.78, 5) is 11.2. The van der Waals surface area contributed by atoms with Gasteiger partial charge in [-0.05, 0) is 50.0 Å². The third kappa shape index (κ3) is 2.76. The molecule has 3 nitrogen and oxygen atoms in total. The molecule has 2 fully saturated rings. The van der Waals surface area contributed by atoms with E-state index in [0.29, 0.717) is 0 Å². The number of primary amides is 1. The standard InChI is InChI=1S/C13H24N2O/c1-9-2-4-10(5-3-9)11-6-7-15-12(8-11)13(14)16/h9-12,15H,2-8H2,1H3,(H2,14,16). The number of carbonyl (C=O) groups is 1. The second-order valence-corrected chi connectivity index (χ2v) is 5.71. The third-order valence-corrected chi connectivity index (χ3v) is 4.51. The van der Waals surface area contributed by atoms with Gasteiger partial charge in [-0.15, -0.1) is 0 Å². The zero-order valence-electron chi connectivity index (χ0n) is 10.2.